The maximum absolute atomic E-state index is 14.4. The molecule has 0 bridgehead atoms. The molecule has 0 saturated carbocycles. The van der Waals surface area contributed by atoms with Crippen molar-refractivity contribution in [1.82, 2.24) is 4.57 Å². The highest BCUT2D eigenvalue weighted by Crippen LogP contribution is 2.37. The summed E-state index contributed by atoms with van der Waals surface area (Å²) in [7, 11) is 1.26. The number of nitriles is 1. The number of methoxy groups -OCH3 is 1. The number of esters is 2. The minimum Gasteiger partial charge on any atom is -0.490 e. The molecule has 0 amide bonds. The Bertz CT molecular complexity index is 2200. The third-order valence-electron chi connectivity index (χ3n) is 7.46. The van der Waals surface area contributed by atoms with Crippen LogP contribution in [0, 0.1) is 11.3 Å². The van der Waals surface area contributed by atoms with Gasteiger partial charge >= 0.3 is 11.9 Å². The standard InChI is InChI=1S/C36H31Br2N3O8S/c1-5-46-28-14-23(11-12-27(28)48-19-30(42)45-4)32-31(35(44)47-6-2)20(3)40-36-41(32)34(43)29(50-36)15-24-13-25(37)16-26(38)33(24)49-18-22-9-7-21(17-39)8-10-22/h7-16,32H,5-6,18-19H2,1-4H3/b29-15+/t32-/m1/s1. The summed E-state index contributed by atoms with van der Waals surface area (Å²) in [4.78, 5) is 44.6. The zero-order chi connectivity index (χ0) is 35.9. The number of carbonyl (C=O) groups is 2. The predicted octanol–water partition coefficient (Wildman–Crippen LogP) is 5.72. The number of hydrogen-bond donors (Lipinski definition) is 0. The first-order chi connectivity index (χ1) is 24.1. The molecule has 50 heavy (non-hydrogen) atoms. The monoisotopic (exact) mass is 823 g/mol. The number of rotatable bonds is 12. The summed E-state index contributed by atoms with van der Waals surface area (Å²) in [6.07, 6.45) is 1.73. The molecule has 1 aliphatic rings. The van der Waals surface area contributed by atoms with Crippen molar-refractivity contribution in [3.8, 4) is 23.3 Å². The van der Waals surface area contributed by atoms with Crippen LogP contribution in [0.5, 0.6) is 17.2 Å². The molecule has 0 saturated heterocycles. The van der Waals surface area contributed by atoms with E-state index in [1.54, 1.807) is 57.2 Å². The van der Waals surface area contributed by atoms with Gasteiger partial charge in [0.2, 0.25) is 0 Å². The van der Waals surface area contributed by atoms with Gasteiger partial charge in [-0.15, -0.1) is 0 Å². The van der Waals surface area contributed by atoms with Gasteiger partial charge < -0.3 is 23.7 Å². The van der Waals surface area contributed by atoms with Crippen LogP contribution in [-0.4, -0.2) is 43.4 Å². The van der Waals surface area contributed by atoms with Crippen molar-refractivity contribution in [2.24, 2.45) is 4.99 Å². The van der Waals surface area contributed by atoms with Crippen molar-refractivity contribution in [1.29, 1.82) is 5.26 Å². The number of thiazole rings is 1. The van der Waals surface area contributed by atoms with Crippen molar-refractivity contribution < 1.29 is 33.3 Å². The molecule has 5 rings (SSSR count). The van der Waals surface area contributed by atoms with Crippen molar-refractivity contribution in [2.75, 3.05) is 26.9 Å². The summed E-state index contributed by atoms with van der Waals surface area (Å²) in [5.74, 6) is -0.0525. The van der Waals surface area contributed by atoms with E-state index in [-0.39, 0.29) is 37.6 Å². The number of hydrogen-bond acceptors (Lipinski definition) is 11. The second kappa shape index (κ2) is 16.3. The average molecular weight is 826 g/mol. The van der Waals surface area contributed by atoms with E-state index in [0.717, 1.165) is 10.0 Å². The summed E-state index contributed by atoms with van der Waals surface area (Å²) in [5, 5.41) is 9.13. The van der Waals surface area contributed by atoms with Crippen LogP contribution >= 0.6 is 43.2 Å². The van der Waals surface area contributed by atoms with Crippen molar-refractivity contribution in [3.05, 3.63) is 117 Å². The quantitative estimate of drug-likeness (QED) is 0.164. The van der Waals surface area contributed by atoms with E-state index in [9.17, 15) is 14.4 Å². The van der Waals surface area contributed by atoms with Gasteiger partial charge in [0, 0.05) is 10.0 Å². The Hall–Kier alpha value is -4.71. The Morgan fingerprint density at radius 2 is 1.78 bits per heavy atom. The minimum atomic E-state index is -0.914. The van der Waals surface area contributed by atoms with Gasteiger partial charge in [-0.2, -0.15) is 5.26 Å². The summed E-state index contributed by atoms with van der Waals surface area (Å²) < 4.78 is 31.1. The molecular formula is C36H31Br2N3O8S. The second-order valence-electron chi connectivity index (χ2n) is 10.7. The fraction of sp³-hybridized carbons (Fsp3) is 0.250. The molecule has 0 aliphatic carbocycles. The lowest BCUT2D eigenvalue weighted by Crippen LogP contribution is -2.40. The fourth-order valence-corrected chi connectivity index (χ4v) is 7.61. The summed E-state index contributed by atoms with van der Waals surface area (Å²) >= 11 is 8.31. The van der Waals surface area contributed by atoms with Crippen LogP contribution in [0.1, 0.15) is 49.1 Å². The Morgan fingerprint density at radius 1 is 1.02 bits per heavy atom. The summed E-state index contributed by atoms with van der Waals surface area (Å²) in [5.41, 5.74) is 2.79. The largest absolute Gasteiger partial charge is 0.490 e. The SMILES string of the molecule is CCOC(=O)C1=C(C)N=c2s/c(=C/c3cc(Br)cc(Br)c3OCc3ccc(C#N)cc3)c(=O)n2[C@@H]1c1ccc(OCC(=O)OC)c(OCC)c1. The zero-order valence-electron chi connectivity index (χ0n) is 27.5. The molecule has 0 N–H and O–H groups in total. The van der Waals surface area contributed by atoms with E-state index in [0.29, 0.717) is 53.4 Å². The smallest absolute Gasteiger partial charge is 0.343 e. The topological polar surface area (TPSA) is 138 Å². The van der Waals surface area contributed by atoms with Gasteiger partial charge in [0.25, 0.3) is 5.56 Å². The highest BCUT2D eigenvalue weighted by atomic mass is 79.9. The predicted molar refractivity (Wildman–Crippen MR) is 193 cm³/mol. The van der Waals surface area contributed by atoms with E-state index in [1.165, 1.54) is 23.0 Å². The molecule has 4 aromatic rings. The highest BCUT2D eigenvalue weighted by molar-refractivity contribution is 9.11. The molecule has 14 heteroatoms. The lowest BCUT2D eigenvalue weighted by atomic mass is 9.95. The maximum Gasteiger partial charge on any atom is 0.343 e. The van der Waals surface area contributed by atoms with E-state index >= 15 is 0 Å². The van der Waals surface area contributed by atoms with Crippen LogP contribution < -0.4 is 29.1 Å². The highest BCUT2D eigenvalue weighted by Gasteiger charge is 2.34. The molecular weight excluding hydrogens is 794 g/mol. The number of allylic oxidation sites excluding steroid dienone is 1. The zero-order valence-corrected chi connectivity index (χ0v) is 31.4. The van der Waals surface area contributed by atoms with Gasteiger partial charge in [-0.25, -0.2) is 14.6 Å². The first-order valence-electron chi connectivity index (χ1n) is 15.3. The summed E-state index contributed by atoms with van der Waals surface area (Å²) in [6.45, 7) is 5.51. The Labute approximate surface area is 308 Å². The van der Waals surface area contributed by atoms with Crippen LogP contribution in [0.3, 0.4) is 0 Å². The molecule has 258 valence electrons. The van der Waals surface area contributed by atoms with E-state index in [1.807, 2.05) is 24.3 Å². The number of carbonyl (C=O) groups excluding carboxylic acids is 2. The van der Waals surface area contributed by atoms with Crippen LogP contribution in [-0.2, 0) is 25.7 Å². The Morgan fingerprint density at radius 3 is 2.46 bits per heavy atom. The minimum absolute atomic E-state index is 0.125. The average Bonchev–Trinajstić information content (AvgIpc) is 3.40. The third kappa shape index (κ3) is 8.01. The molecule has 1 aromatic heterocycles. The lowest BCUT2D eigenvalue weighted by molar-refractivity contribution is -0.143. The maximum atomic E-state index is 14.4. The third-order valence-corrected chi connectivity index (χ3v) is 9.49. The normalized spacial score (nSPS) is 13.9. The Kier molecular flexibility index (Phi) is 11.9. The molecule has 0 spiro atoms. The first-order valence-corrected chi connectivity index (χ1v) is 17.8. The van der Waals surface area contributed by atoms with Crippen molar-refractivity contribution >= 4 is 61.2 Å². The van der Waals surface area contributed by atoms with Crippen LogP contribution in [0.25, 0.3) is 6.08 Å². The summed E-state index contributed by atoms with van der Waals surface area (Å²) in [6, 6.07) is 17.0. The molecule has 1 atom stereocenters. The van der Waals surface area contributed by atoms with Gasteiger partial charge in [-0.3, -0.25) is 9.36 Å². The molecule has 3 aromatic carbocycles. The van der Waals surface area contributed by atoms with E-state index < -0.39 is 18.0 Å². The van der Waals surface area contributed by atoms with Gasteiger partial charge in [-0.1, -0.05) is 45.5 Å². The number of halogens is 2. The van der Waals surface area contributed by atoms with E-state index in [4.69, 9.17) is 24.2 Å². The number of fused-ring (bicyclic) bond motifs is 1. The van der Waals surface area contributed by atoms with Crippen LogP contribution in [0.2, 0.25) is 0 Å². The second-order valence-corrected chi connectivity index (χ2v) is 13.5. The van der Waals surface area contributed by atoms with Gasteiger partial charge in [0.15, 0.2) is 22.9 Å². The number of nitrogens with zero attached hydrogens (tertiary/aromatic N) is 3. The fourth-order valence-electron chi connectivity index (χ4n) is 5.20. The van der Waals surface area contributed by atoms with Crippen LogP contribution in [0.15, 0.2) is 84.6 Å². The molecule has 0 unspecified atom stereocenters. The molecule has 11 nitrogen and oxygen atoms in total. The molecule has 1 aliphatic heterocycles. The van der Waals surface area contributed by atoms with E-state index in [2.05, 4.69) is 47.7 Å². The number of aromatic nitrogens is 1. The Balaban J connectivity index is 1.63. The molecule has 2 heterocycles. The first kappa shape index (κ1) is 36.6. The lowest BCUT2D eigenvalue weighted by Gasteiger charge is -2.25. The number of ether oxygens (including phenoxy) is 5. The molecule has 0 radical (unpaired) electrons. The van der Waals surface area contributed by atoms with Crippen molar-refractivity contribution in [3.63, 3.8) is 0 Å². The van der Waals surface area contributed by atoms with Gasteiger partial charge in [0.05, 0.1) is 58.3 Å². The van der Waals surface area contributed by atoms with Gasteiger partial charge in [-0.05, 0) is 90.3 Å². The van der Waals surface area contributed by atoms with Gasteiger partial charge in [0.1, 0.15) is 12.4 Å². The van der Waals surface area contributed by atoms with Crippen molar-refractivity contribution in [2.45, 2.75) is 33.4 Å². The number of benzene rings is 3. The van der Waals surface area contributed by atoms with Crippen LogP contribution in [0.4, 0.5) is 0 Å². The molecule has 0 fully saturated rings.